The molecular formula is C15H14O3. The molecule has 0 heterocycles. The highest BCUT2D eigenvalue weighted by Gasteiger charge is 2.28. The Hall–Kier alpha value is -1.68. The summed E-state index contributed by atoms with van der Waals surface area (Å²) in [6, 6.07) is 13.3. The van der Waals surface area contributed by atoms with Crippen LogP contribution in [0.5, 0.6) is 0 Å². The van der Waals surface area contributed by atoms with E-state index in [1.165, 1.54) is 0 Å². The Kier molecular flexibility index (Phi) is 2.67. The average Bonchev–Trinajstić information content (AvgIpc) is 2.71. The molecule has 0 spiro atoms. The highest BCUT2D eigenvalue weighted by atomic mass is 16.5. The highest BCUT2D eigenvalue weighted by Crippen LogP contribution is 2.44. The third-order valence-electron chi connectivity index (χ3n) is 3.56. The molecule has 0 bridgehead atoms. The molecule has 2 aromatic rings. The first kappa shape index (κ1) is 11.4. The van der Waals surface area contributed by atoms with Crippen LogP contribution in [0.1, 0.15) is 28.9 Å². The maximum atomic E-state index is 9.56. The lowest BCUT2D eigenvalue weighted by Gasteiger charge is -2.11. The van der Waals surface area contributed by atoms with Crippen molar-refractivity contribution in [2.45, 2.75) is 12.2 Å². The van der Waals surface area contributed by atoms with Gasteiger partial charge in [-0.15, -0.1) is 0 Å². The summed E-state index contributed by atoms with van der Waals surface area (Å²) in [5, 5.41) is 28.0. The molecule has 92 valence electrons. The first-order valence-corrected chi connectivity index (χ1v) is 5.92. The van der Waals surface area contributed by atoms with Gasteiger partial charge in [0.1, 0.15) is 0 Å². The first-order valence-electron chi connectivity index (χ1n) is 5.92. The third-order valence-corrected chi connectivity index (χ3v) is 3.56. The van der Waals surface area contributed by atoms with Gasteiger partial charge in [-0.2, -0.15) is 0 Å². The van der Waals surface area contributed by atoms with Crippen molar-refractivity contribution < 1.29 is 15.3 Å². The number of aliphatic hydroxyl groups excluding tert-OH is 2. The van der Waals surface area contributed by atoms with Gasteiger partial charge in [-0.3, -0.25) is 0 Å². The minimum atomic E-state index is -1.47. The van der Waals surface area contributed by atoms with Crippen molar-refractivity contribution in [2.24, 2.45) is 0 Å². The predicted molar refractivity (Wildman–Crippen MR) is 68.0 cm³/mol. The minimum absolute atomic E-state index is 0.0228. The van der Waals surface area contributed by atoms with Gasteiger partial charge in [0.05, 0.1) is 6.61 Å². The Bertz CT molecular complexity index is 590. The number of benzene rings is 2. The number of hydrogen-bond donors (Lipinski definition) is 3. The van der Waals surface area contributed by atoms with E-state index in [0.29, 0.717) is 5.56 Å². The Morgan fingerprint density at radius 2 is 1.67 bits per heavy atom. The molecule has 0 saturated heterocycles. The van der Waals surface area contributed by atoms with Crippen LogP contribution >= 0.6 is 0 Å². The van der Waals surface area contributed by atoms with E-state index >= 15 is 0 Å². The second-order valence-corrected chi connectivity index (χ2v) is 4.54. The summed E-state index contributed by atoms with van der Waals surface area (Å²) in [5.74, 6) is -0.0742. The van der Waals surface area contributed by atoms with Crippen molar-refractivity contribution in [3.63, 3.8) is 0 Å². The third kappa shape index (κ3) is 1.56. The lowest BCUT2D eigenvalue weighted by Crippen LogP contribution is -2.03. The fourth-order valence-electron chi connectivity index (χ4n) is 2.69. The number of hydrogen-bond acceptors (Lipinski definition) is 3. The monoisotopic (exact) mass is 242 g/mol. The molecule has 0 aromatic heterocycles. The highest BCUT2D eigenvalue weighted by molar-refractivity contribution is 5.79. The molecule has 3 rings (SSSR count). The van der Waals surface area contributed by atoms with Crippen LogP contribution in [-0.4, -0.2) is 21.9 Å². The molecule has 0 fully saturated rings. The average molecular weight is 242 g/mol. The van der Waals surface area contributed by atoms with Gasteiger partial charge in [0.25, 0.3) is 0 Å². The lowest BCUT2D eigenvalue weighted by molar-refractivity contribution is -0.0425. The molecule has 3 N–H and O–H groups in total. The molecular weight excluding hydrogens is 228 g/mol. The quantitative estimate of drug-likeness (QED) is 0.703. The van der Waals surface area contributed by atoms with Crippen molar-refractivity contribution >= 4 is 0 Å². The van der Waals surface area contributed by atoms with Gasteiger partial charge in [0.2, 0.25) is 0 Å². The van der Waals surface area contributed by atoms with Crippen LogP contribution in [0.25, 0.3) is 11.1 Å². The Balaban J connectivity index is 2.21. The van der Waals surface area contributed by atoms with Crippen molar-refractivity contribution in [1.82, 2.24) is 0 Å². The van der Waals surface area contributed by atoms with Crippen LogP contribution < -0.4 is 0 Å². The van der Waals surface area contributed by atoms with E-state index in [9.17, 15) is 15.3 Å². The standard InChI is InChI=1S/C15H14O3/c16-8-14-11-4-2-1-3-10(11)12-6-5-9(15(17)18)7-13(12)14/h1-7,14-18H,8H2. The van der Waals surface area contributed by atoms with Crippen molar-refractivity contribution in [2.75, 3.05) is 6.61 Å². The van der Waals surface area contributed by atoms with E-state index in [2.05, 4.69) is 0 Å². The molecule has 3 heteroatoms. The second-order valence-electron chi connectivity index (χ2n) is 4.54. The number of aliphatic hydroxyl groups is 3. The van der Waals surface area contributed by atoms with Gasteiger partial charge in [0, 0.05) is 11.5 Å². The number of fused-ring (bicyclic) bond motifs is 3. The molecule has 1 unspecified atom stereocenters. The first-order chi connectivity index (χ1) is 8.72. The van der Waals surface area contributed by atoms with Gasteiger partial charge >= 0.3 is 0 Å². The fraction of sp³-hybridized carbons (Fsp3) is 0.200. The van der Waals surface area contributed by atoms with Crippen molar-refractivity contribution in [3.05, 3.63) is 59.2 Å². The summed E-state index contributed by atoms with van der Waals surface area (Å²) in [6.07, 6.45) is -1.47. The molecule has 0 amide bonds. The zero-order valence-electron chi connectivity index (χ0n) is 9.74. The van der Waals surface area contributed by atoms with Gasteiger partial charge < -0.3 is 15.3 Å². The fourth-order valence-corrected chi connectivity index (χ4v) is 2.69. The molecule has 1 aliphatic rings. The topological polar surface area (TPSA) is 60.7 Å². The summed E-state index contributed by atoms with van der Waals surface area (Å²) < 4.78 is 0. The minimum Gasteiger partial charge on any atom is -0.395 e. The van der Waals surface area contributed by atoms with Gasteiger partial charge in [-0.25, -0.2) is 0 Å². The van der Waals surface area contributed by atoms with Gasteiger partial charge in [-0.1, -0.05) is 36.4 Å². The zero-order valence-corrected chi connectivity index (χ0v) is 9.74. The predicted octanol–water partition coefficient (Wildman–Crippen LogP) is 1.77. The molecule has 1 aliphatic carbocycles. The van der Waals surface area contributed by atoms with Crippen LogP contribution in [0.15, 0.2) is 42.5 Å². The largest absolute Gasteiger partial charge is 0.395 e. The summed E-state index contributed by atoms with van der Waals surface area (Å²) in [4.78, 5) is 0. The van der Waals surface area contributed by atoms with E-state index in [4.69, 9.17) is 0 Å². The van der Waals surface area contributed by atoms with Crippen LogP contribution in [0.4, 0.5) is 0 Å². The lowest BCUT2D eigenvalue weighted by atomic mass is 9.96. The Morgan fingerprint density at radius 1 is 0.944 bits per heavy atom. The normalized spacial score (nSPS) is 16.8. The zero-order chi connectivity index (χ0) is 12.7. The van der Waals surface area contributed by atoms with E-state index in [-0.39, 0.29) is 12.5 Å². The molecule has 3 nitrogen and oxygen atoms in total. The molecule has 2 aromatic carbocycles. The maximum absolute atomic E-state index is 9.56. The molecule has 0 aliphatic heterocycles. The smallest absolute Gasteiger partial charge is 0.178 e. The molecule has 0 radical (unpaired) electrons. The Labute approximate surface area is 105 Å². The SMILES string of the molecule is OCC1c2ccccc2-c2ccc(C(O)O)cc21. The molecule has 18 heavy (non-hydrogen) atoms. The van der Waals surface area contributed by atoms with Gasteiger partial charge in [-0.05, 0) is 28.3 Å². The van der Waals surface area contributed by atoms with E-state index in [1.54, 1.807) is 12.1 Å². The molecule has 0 saturated carbocycles. The maximum Gasteiger partial charge on any atom is 0.178 e. The molecule has 1 atom stereocenters. The van der Waals surface area contributed by atoms with E-state index in [0.717, 1.165) is 22.3 Å². The van der Waals surface area contributed by atoms with E-state index in [1.807, 2.05) is 30.3 Å². The summed E-state index contributed by atoms with van der Waals surface area (Å²) in [6.45, 7) is 0.0228. The van der Waals surface area contributed by atoms with Crippen LogP contribution in [0.3, 0.4) is 0 Å². The summed E-state index contributed by atoms with van der Waals surface area (Å²) in [7, 11) is 0. The van der Waals surface area contributed by atoms with Crippen LogP contribution in [-0.2, 0) is 0 Å². The van der Waals surface area contributed by atoms with Crippen LogP contribution in [0.2, 0.25) is 0 Å². The van der Waals surface area contributed by atoms with E-state index < -0.39 is 6.29 Å². The van der Waals surface area contributed by atoms with Gasteiger partial charge in [0.15, 0.2) is 6.29 Å². The summed E-state index contributed by atoms with van der Waals surface area (Å²) in [5.41, 5.74) is 4.70. The van der Waals surface area contributed by atoms with Crippen molar-refractivity contribution in [3.8, 4) is 11.1 Å². The van der Waals surface area contributed by atoms with Crippen molar-refractivity contribution in [1.29, 1.82) is 0 Å². The Morgan fingerprint density at radius 3 is 2.39 bits per heavy atom. The second kappa shape index (κ2) is 4.21. The number of rotatable bonds is 2. The van der Waals surface area contributed by atoms with Crippen LogP contribution in [0, 0.1) is 0 Å². The summed E-state index contributed by atoms with van der Waals surface area (Å²) >= 11 is 0.